The summed E-state index contributed by atoms with van der Waals surface area (Å²) in [5, 5.41) is 0.865. The summed E-state index contributed by atoms with van der Waals surface area (Å²) in [7, 11) is 0. The summed E-state index contributed by atoms with van der Waals surface area (Å²) >= 11 is 0. The molecule has 3 heterocycles. The molecule has 28 heavy (non-hydrogen) atoms. The van der Waals surface area contributed by atoms with Gasteiger partial charge in [0, 0.05) is 24.1 Å². The molecule has 0 spiro atoms. The van der Waals surface area contributed by atoms with Gasteiger partial charge in [-0.2, -0.15) is 0 Å². The van der Waals surface area contributed by atoms with E-state index in [1.165, 1.54) is 6.92 Å². The van der Waals surface area contributed by atoms with E-state index in [2.05, 4.69) is 20.8 Å². The van der Waals surface area contributed by atoms with Gasteiger partial charge < -0.3 is 14.2 Å². The van der Waals surface area contributed by atoms with Gasteiger partial charge >= 0.3 is 5.97 Å². The molecule has 2 aliphatic heterocycles. The van der Waals surface area contributed by atoms with Gasteiger partial charge in [-0.05, 0) is 45.7 Å². The third-order valence-electron chi connectivity index (χ3n) is 6.80. The summed E-state index contributed by atoms with van der Waals surface area (Å²) in [6.45, 7) is 7.59. The van der Waals surface area contributed by atoms with Gasteiger partial charge in [0.15, 0.2) is 6.73 Å². The van der Waals surface area contributed by atoms with Crippen LogP contribution in [0.15, 0.2) is 29.1 Å². The second-order valence-electron chi connectivity index (χ2n) is 8.99. The van der Waals surface area contributed by atoms with Crippen molar-refractivity contribution in [3.05, 3.63) is 40.2 Å². The molecule has 0 amide bonds. The number of nitrogens with zero attached hydrogens (tertiary/aromatic N) is 1. The Morgan fingerprint density at radius 3 is 2.79 bits per heavy atom. The molecular formula is C22H25NO5. The van der Waals surface area contributed by atoms with E-state index >= 15 is 0 Å². The van der Waals surface area contributed by atoms with Gasteiger partial charge in [-0.1, -0.05) is 12.1 Å². The number of carbonyl (C=O) groups is 1. The Morgan fingerprint density at radius 1 is 1.29 bits per heavy atom. The molecule has 1 saturated heterocycles. The minimum absolute atomic E-state index is 0.0156. The standard InChI is InChI=1S/C22H25NO5/c1-12(24)26-11-23-15-8-6-5-7-13(15)18-17(20(23)25)16-14(21(2,3)27-18)9-10-22(4)19(16)28-22/h5-8,14,16,19H,9-11H2,1-4H3/t14-,16-,19-,22+/m0/s1. The maximum atomic E-state index is 13.6. The molecule has 0 N–H and O–H groups in total. The molecule has 0 radical (unpaired) electrons. The maximum Gasteiger partial charge on any atom is 0.304 e. The Kier molecular flexibility index (Phi) is 3.55. The second-order valence-corrected chi connectivity index (χ2v) is 8.99. The van der Waals surface area contributed by atoms with E-state index in [0.29, 0.717) is 16.8 Å². The average molecular weight is 383 g/mol. The fraction of sp³-hybridized carbons (Fsp3) is 0.545. The summed E-state index contributed by atoms with van der Waals surface area (Å²) in [4.78, 5) is 25.0. The summed E-state index contributed by atoms with van der Waals surface area (Å²) in [5.41, 5.74) is 0.688. The van der Waals surface area contributed by atoms with Crippen LogP contribution in [-0.4, -0.2) is 27.8 Å². The summed E-state index contributed by atoms with van der Waals surface area (Å²) < 4.78 is 19.3. The first-order valence-corrected chi connectivity index (χ1v) is 9.88. The lowest BCUT2D eigenvalue weighted by Crippen LogP contribution is -2.51. The monoisotopic (exact) mass is 383 g/mol. The molecule has 1 aromatic heterocycles. The molecule has 1 saturated carbocycles. The zero-order chi connectivity index (χ0) is 19.8. The zero-order valence-corrected chi connectivity index (χ0v) is 16.7. The van der Waals surface area contributed by atoms with Gasteiger partial charge in [-0.3, -0.25) is 14.2 Å². The van der Waals surface area contributed by atoms with Crippen molar-refractivity contribution < 1.29 is 19.0 Å². The van der Waals surface area contributed by atoms with Gasteiger partial charge in [0.25, 0.3) is 5.56 Å². The summed E-state index contributed by atoms with van der Waals surface area (Å²) in [6, 6.07) is 7.63. The molecule has 1 aliphatic carbocycles. The minimum Gasteiger partial charge on any atom is -0.486 e. The van der Waals surface area contributed by atoms with Crippen molar-refractivity contribution in [2.45, 2.75) is 70.5 Å². The number of epoxide rings is 1. The van der Waals surface area contributed by atoms with Crippen LogP contribution in [0.2, 0.25) is 0 Å². The van der Waals surface area contributed by atoms with Crippen molar-refractivity contribution in [3.63, 3.8) is 0 Å². The van der Waals surface area contributed by atoms with Crippen LogP contribution in [0, 0.1) is 5.92 Å². The predicted molar refractivity (Wildman–Crippen MR) is 103 cm³/mol. The van der Waals surface area contributed by atoms with Gasteiger partial charge in [-0.15, -0.1) is 0 Å². The number of esters is 1. The quantitative estimate of drug-likeness (QED) is 0.588. The van der Waals surface area contributed by atoms with Crippen LogP contribution in [0.5, 0.6) is 5.75 Å². The van der Waals surface area contributed by atoms with Crippen molar-refractivity contribution in [2.75, 3.05) is 0 Å². The number of ether oxygens (including phenoxy) is 3. The Bertz CT molecular complexity index is 1050. The lowest BCUT2D eigenvalue weighted by atomic mass is 9.64. The highest BCUT2D eigenvalue weighted by Gasteiger charge is 2.65. The molecule has 4 atom stereocenters. The molecule has 1 aromatic carbocycles. The molecule has 0 bridgehead atoms. The Morgan fingerprint density at radius 2 is 2.04 bits per heavy atom. The van der Waals surface area contributed by atoms with Crippen LogP contribution in [0.3, 0.4) is 0 Å². The molecule has 0 unspecified atom stereocenters. The Hall–Kier alpha value is -2.34. The highest BCUT2D eigenvalue weighted by Crippen LogP contribution is 2.62. The number of fused-ring (bicyclic) bond motifs is 7. The molecular weight excluding hydrogens is 358 g/mol. The molecule has 5 rings (SSSR count). The third kappa shape index (κ3) is 2.37. The lowest BCUT2D eigenvalue weighted by Gasteiger charge is -2.47. The van der Waals surface area contributed by atoms with Gasteiger partial charge in [0.05, 0.1) is 22.8 Å². The molecule has 148 valence electrons. The lowest BCUT2D eigenvalue weighted by molar-refractivity contribution is -0.144. The van der Waals surface area contributed by atoms with E-state index in [4.69, 9.17) is 14.2 Å². The zero-order valence-electron chi connectivity index (χ0n) is 16.7. The summed E-state index contributed by atoms with van der Waals surface area (Å²) in [5.74, 6) is 0.431. The van der Waals surface area contributed by atoms with Gasteiger partial charge in [-0.25, -0.2) is 0 Å². The van der Waals surface area contributed by atoms with Crippen LogP contribution in [-0.2, 0) is 21.0 Å². The number of hydrogen-bond acceptors (Lipinski definition) is 5. The number of pyridine rings is 1. The summed E-state index contributed by atoms with van der Waals surface area (Å²) in [6.07, 6.45) is 1.97. The fourth-order valence-corrected chi connectivity index (χ4v) is 5.30. The van der Waals surface area contributed by atoms with Crippen LogP contribution >= 0.6 is 0 Å². The number of hydrogen-bond donors (Lipinski definition) is 0. The molecule has 3 aliphatic rings. The number of rotatable bonds is 2. The average Bonchev–Trinajstić information content (AvgIpc) is 3.32. The number of carbonyl (C=O) groups excluding carboxylic acids is 1. The first kappa shape index (κ1) is 17.7. The number of para-hydroxylation sites is 1. The molecule has 2 fully saturated rings. The first-order valence-electron chi connectivity index (χ1n) is 9.88. The minimum atomic E-state index is -0.417. The topological polar surface area (TPSA) is 70.1 Å². The van der Waals surface area contributed by atoms with E-state index in [9.17, 15) is 9.59 Å². The first-order chi connectivity index (χ1) is 13.2. The number of benzene rings is 1. The second kappa shape index (κ2) is 5.60. The SMILES string of the molecule is CC(=O)OCn1c(=O)c2c(c3ccccc31)OC(C)(C)[C@H]1CC[C@@]3(C)O[C@H]3[C@H]21. The van der Waals surface area contributed by atoms with Crippen LogP contribution in [0.4, 0.5) is 0 Å². The Labute approximate surface area is 163 Å². The predicted octanol–water partition coefficient (Wildman–Crippen LogP) is 3.34. The van der Waals surface area contributed by atoms with E-state index in [0.717, 1.165) is 18.2 Å². The smallest absolute Gasteiger partial charge is 0.304 e. The third-order valence-corrected chi connectivity index (χ3v) is 6.80. The van der Waals surface area contributed by atoms with Crippen LogP contribution in [0.1, 0.15) is 52.0 Å². The Balaban J connectivity index is 1.78. The van der Waals surface area contributed by atoms with E-state index in [-0.39, 0.29) is 41.4 Å². The van der Waals surface area contributed by atoms with Crippen molar-refractivity contribution >= 4 is 16.9 Å². The van der Waals surface area contributed by atoms with Crippen LogP contribution in [0.25, 0.3) is 10.9 Å². The van der Waals surface area contributed by atoms with Crippen molar-refractivity contribution in [3.8, 4) is 5.75 Å². The molecule has 2 aromatic rings. The largest absolute Gasteiger partial charge is 0.486 e. The maximum absolute atomic E-state index is 13.6. The van der Waals surface area contributed by atoms with E-state index in [1.807, 2.05) is 24.3 Å². The van der Waals surface area contributed by atoms with Gasteiger partial charge in [0.1, 0.15) is 11.4 Å². The molecule has 6 heteroatoms. The number of aromatic nitrogens is 1. The highest BCUT2D eigenvalue weighted by molar-refractivity contribution is 5.87. The highest BCUT2D eigenvalue weighted by atomic mass is 16.6. The fourth-order valence-electron chi connectivity index (χ4n) is 5.30. The van der Waals surface area contributed by atoms with Crippen molar-refractivity contribution in [1.29, 1.82) is 0 Å². The van der Waals surface area contributed by atoms with E-state index in [1.54, 1.807) is 4.57 Å². The molecule has 6 nitrogen and oxygen atoms in total. The van der Waals surface area contributed by atoms with Crippen molar-refractivity contribution in [2.24, 2.45) is 5.92 Å². The van der Waals surface area contributed by atoms with E-state index < -0.39 is 5.97 Å². The van der Waals surface area contributed by atoms with Gasteiger partial charge in [0.2, 0.25) is 0 Å². The normalized spacial score (nSPS) is 31.9. The van der Waals surface area contributed by atoms with Crippen LogP contribution < -0.4 is 10.3 Å². The van der Waals surface area contributed by atoms with Crippen molar-refractivity contribution in [1.82, 2.24) is 4.57 Å².